The van der Waals surface area contributed by atoms with E-state index in [9.17, 15) is 4.79 Å². The van der Waals surface area contributed by atoms with Crippen molar-refractivity contribution in [2.45, 2.75) is 19.9 Å². The smallest absolute Gasteiger partial charge is 0.244 e. The van der Waals surface area contributed by atoms with Crippen LogP contribution in [-0.2, 0) is 4.79 Å². The van der Waals surface area contributed by atoms with E-state index < -0.39 is 0 Å². The molecule has 0 radical (unpaired) electrons. The van der Waals surface area contributed by atoms with Crippen LogP contribution in [0.3, 0.4) is 0 Å². The zero-order valence-electron chi connectivity index (χ0n) is 12.3. The third-order valence-corrected chi connectivity index (χ3v) is 3.59. The van der Waals surface area contributed by atoms with E-state index in [0.717, 1.165) is 16.5 Å². The number of benzene rings is 1. The van der Waals surface area contributed by atoms with Crippen LogP contribution >= 0.6 is 0 Å². The van der Waals surface area contributed by atoms with Crippen LogP contribution in [0.2, 0.25) is 0 Å². The molecule has 1 aromatic heterocycles. The number of fused-ring (bicyclic) bond motifs is 1. The molecule has 0 fully saturated rings. The topological polar surface area (TPSA) is 62.2 Å². The highest BCUT2D eigenvalue weighted by atomic mass is 16.3. The van der Waals surface area contributed by atoms with E-state index in [-0.39, 0.29) is 24.5 Å². The lowest BCUT2D eigenvalue weighted by molar-refractivity contribution is -0.117. The van der Waals surface area contributed by atoms with Gasteiger partial charge in [0.1, 0.15) is 0 Å². The summed E-state index contributed by atoms with van der Waals surface area (Å²) >= 11 is 0. The van der Waals surface area contributed by atoms with Crippen molar-refractivity contribution in [2.75, 3.05) is 6.61 Å². The summed E-state index contributed by atoms with van der Waals surface area (Å²) in [6.45, 7) is 3.83. The van der Waals surface area contributed by atoms with Gasteiger partial charge in [-0.3, -0.25) is 9.78 Å². The molecule has 4 heteroatoms. The predicted octanol–water partition coefficient (Wildman–Crippen LogP) is 2.38. The summed E-state index contributed by atoms with van der Waals surface area (Å²) in [5.74, 6) is -0.141. The first-order chi connectivity index (χ1) is 10.1. The van der Waals surface area contributed by atoms with Gasteiger partial charge in [0.25, 0.3) is 0 Å². The number of hydrogen-bond donors (Lipinski definition) is 2. The van der Waals surface area contributed by atoms with E-state index in [1.54, 1.807) is 12.3 Å². The second-order valence-electron chi connectivity index (χ2n) is 5.21. The fraction of sp³-hybridized carbons (Fsp3) is 0.294. The number of aliphatic hydroxyl groups is 1. The standard InChI is InChI=1S/C17H20N2O2/c1-12(11-20)13(2)19-16(21)9-8-15-6-3-5-14-7-4-10-18-17(14)15/h3-10,12-13,20H,11H2,1-2H3,(H,19,21)/b9-8+. The molecule has 2 rings (SSSR count). The van der Waals surface area contributed by atoms with Gasteiger partial charge in [-0.25, -0.2) is 0 Å². The van der Waals surface area contributed by atoms with Crippen molar-refractivity contribution < 1.29 is 9.90 Å². The SMILES string of the molecule is CC(CO)C(C)NC(=O)/C=C/c1cccc2cccnc12. The van der Waals surface area contributed by atoms with Crippen LogP contribution in [0, 0.1) is 5.92 Å². The third-order valence-electron chi connectivity index (χ3n) is 3.59. The zero-order chi connectivity index (χ0) is 15.2. The molecule has 0 aliphatic rings. The summed E-state index contributed by atoms with van der Waals surface area (Å²) in [6, 6.07) is 9.67. The van der Waals surface area contributed by atoms with Crippen molar-refractivity contribution >= 4 is 22.9 Å². The number of carbonyl (C=O) groups excluding carboxylic acids is 1. The minimum absolute atomic E-state index is 0.0292. The molecule has 0 saturated heterocycles. The first kappa shape index (κ1) is 15.2. The normalized spacial score (nSPS) is 14.2. The Labute approximate surface area is 124 Å². The number of carbonyl (C=O) groups is 1. The van der Waals surface area contributed by atoms with E-state index in [1.807, 2.05) is 44.2 Å². The lowest BCUT2D eigenvalue weighted by atomic mass is 10.1. The van der Waals surface area contributed by atoms with Crippen LogP contribution in [0.25, 0.3) is 17.0 Å². The fourth-order valence-corrected chi connectivity index (χ4v) is 2.00. The zero-order valence-corrected chi connectivity index (χ0v) is 12.3. The monoisotopic (exact) mass is 284 g/mol. The molecule has 2 atom stereocenters. The molecule has 0 spiro atoms. The number of amides is 1. The molecule has 1 amide bonds. The van der Waals surface area contributed by atoms with Gasteiger partial charge >= 0.3 is 0 Å². The Bertz CT molecular complexity index is 647. The molecule has 0 aliphatic heterocycles. The second-order valence-corrected chi connectivity index (χ2v) is 5.21. The second kappa shape index (κ2) is 6.99. The van der Waals surface area contributed by atoms with Crippen LogP contribution in [-0.4, -0.2) is 28.6 Å². The number of pyridine rings is 1. The van der Waals surface area contributed by atoms with E-state index in [0.29, 0.717) is 0 Å². The molecule has 2 aromatic rings. The van der Waals surface area contributed by atoms with Gasteiger partial charge in [0, 0.05) is 35.9 Å². The lowest BCUT2D eigenvalue weighted by Gasteiger charge is -2.18. The molecule has 4 nitrogen and oxygen atoms in total. The number of hydrogen-bond acceptors (Lipinski definition) is 3. The van der Waals surface area contributed by atoms with Gasteiger partial charge in [0.15, 0.2) is 0 Å². The van der Waals surface area contributed by atoms with Crippen molar-refractivity contribution in [3.05, 3.63) is 48.2 Å². The first-order valence-corrected chi connectivity index (χ1v) is 7.05. The lowest BCUT2D eigenvalue weighted by Crippen LogP contribution is -2.37. The average Bonchev–Trinajstić information content (AvgIpc) is 2.51. The molecule has 1 aromatic carbocycles. The average molecular weight is 284 g/mol. The highest BCUT2D eigenvalue weighted by molar-refractivity contribution is 5.95. The highest BCUT2D eigenvalue weighted by Gasteiger charge is 2.12. The molecule has 0 aliphatic carbocycles. The summed E-state index contributed by atoms with van der Waals surface area (Å²) in [4.78, 5) is 16.2. The number of para-hydroxylation sites is 1. The minimum atomic E-state index is -0.171. The van der Waals surface area contributed by atoms with Crippen molar-refractivity contribution in [1.82, 2.24) is 10.3 Å². The van der Waals surface area contributed by atoms with Crippen molar-refractivity contribution in [3.8, 4) is 0 Å². The van der Waals surface area contributed by atoms with Crippen molar-refractivity contribution in [1.29, 1.82) is 0 Å². The van der Waals surface area contributed by atoms with Gasteiger partial charge in [-0.05, 0) is 25.0 Å². The Morgan fingerprint density at radius 2 is 2.10 bits per heavy atom. The molecule has 110 valence electrons. The number of aromatic nitrogens is 1. The van der Waals surface area contributed by atoms with E-state index in [4.69, 9.17) is 5.11 Å². The quantitative estimate of drug-likeness (QED) is 0.829. The van der Waals surface area contributed by atoms with Gasteiger partial charge in [0.2, 0.25) is 5.91 Å². The molecule has 2 N–H and O–H groups in total. The Hall–Kier alpha value is -2.20. The van der Waals surface area contributed by atoms with Gasteiger partial charge in [-0.1, -0.05) is 31.2 Å². The summed E-state index contributed by atoms with van der Waals surface area (Å²) in [5.41, 5.74) is 1.78. The molecule has 0 bridgehead atoms. The van der Waals surface area contributed by atoms with E-state index in [1.165, 1.54) is 6.08 Å². The van der Waals surface area contributed by atoms with Gasteiger partial charge in [0.05, 0.1) is 5.52 Å². The Morgan fingerprint density at radius 1 is 1.33 bits per heavy atom. The Balaban J connectivity index is 2.11. The number of rotatable bonds is 5. The highest BCUT2D eigenvalue weighted by Crippen LogP contribution is 2.17. The number of nitrogens with zero attached hydrogens (tertiary/aromatic N) is 1. The van der Waals surface area contributed by atoms with Crippen LogP contribution < -0.4 is 5.32 Å². The summed E-state index contributed by atoms with van der Waals surface area (Å²) < 4.78 is 0. The predicted molar refractivity (Wildman–Crippen MR) is 84.6 cm³/mol. The maximum absolute atomic E-state index is 11.9. The van der Waals surface area contributed by atoms with Crippen LogP contribution in [0.4, 0.5) is 0 Å². The van der Waals surface area contributed by atoms with Crippen LogP contribution in [0.15, 0.2) is 42.6 Å². The van der Waals surface area contributed by atoms with Gasteiger partial charge < -0.3 is 10.4 Å². The Morgan fingerprint density at radius 3 is 2.86 bits per heavy atom. The van der Waals surface area contributed by atoms with Crippen LogP contribution in [0.5, 0.6) is 0 Å². The summed E-state index contributed by atoms with van der Waals surface area (Å²) in [6.07, 6.45) is 5.01. The van der Waals surface area contributed by atoms with Gasteiger partial charge in [-0.15, -0.1) is 0 Å². The molecular formula is C17H20N2O2. The largest absolute Gasteiger partial charge is 0.396 e. The maximum Gasteiger partial charge on any atom is 0.244 e. The van der Waals surface area contributed by atoms with E-state index >= 15 is 0 Å². The first-order valence-electron chi connectivity index (χ1n) is 7.05. The van der Waals surface area contributed by atoms with Gasteiger partial charge in [-0.2, -0.15) is 0 Å². The van der Waals surface area contributed by atoms with Crippen molar-refractivity contribution in [2.24, 2.45) is 5.92 Å². The van der Waals surface area contributed by atoms with Crippen LogP contribution in [0.1, 0.15) is 19.4 Å². The molecule has 0 saturated carbocycles. The molecular weight excluding hydrogens is 264 g/mol. The Kier molecular flexibility index (Phi) is 5.06. The number of nitrogens with one attached hydrogen (secondary N) is 1. The van der Waals surface area contributed by atoms with E-state index in [2.05, 4.69) is 10.3 Å². The molecule has 21 heavy (non-hydrogen) atoms. The molecule has 2 unspecified atom stereocenters. The maximum atomic E-state index is 11.9. The van der Waals surface area contributed by atoms with Crippen molar-refractivity contribution in [3.63, 3.8) is 0 Å². The molecule has 1 heterocycles. The third kappa shape index (κ3) is 3.89. The number of aliphatic hydroxyl groups excluding tert-OH is 1. The summed E-state index contributed by atoms with van der Waals surface area (Å²) in [5, 5.41) is 13.0. The minimum Gasteiger partial charge on any atom is -0.396 e. The fourth-order valence-electron chi connectivity index (χ4n) is 2.00. The summed E-state index contributed by atoms with van der Waals surface area (Å²) in [7, 11) is 0.